The van der Waals surface area contributed by atoms with Gasteiger partial charge in [0.05, 0.1) is 10.8 Å². The Morgan fingerprint density at radius 3 is 2.67 bits per heavy atom. The Morgan fingerprint density at radius 1 is 1.52 bits per heavy atom. The van der Waals surface area contributed by atoms with E-state index in [9.17, 15) is 14.9 Å². The van der Waals surface area contributed by atoms with Crippen molar-refractivity contribution in [2.24, 2.45) is 0 Å². The van der Waals surface area contributed by atoms with Gasteiger partial charge in [-0.3, -0.25) is 4.79 Å². The third-order valence-corrected chi connectivity index (χ3v) is 4.11. The lowest BCUT2D eigenvalue weighted by atomic mass is 10.1. The molecule has 0 radical (unpaired) electrons. The van der Waals surface area contributed by atoms with E-state index in [1.165, 1.54) is 4.68 Å². The number of nitro groups is 1. The van der Waals surface area contributed by atoms with E-state index in [2.05, 4.69) is 15.3 Å². The summed E-state index contributed by atoms with van der Waals surface area (Å²) in [5, 5.41) is 17.4. The molecule has 0 aromatic carbocycles. The Morgan fingerprint density at radius 2 is 2.14 bits per heavy atom. The van der Waals surface area contributed by atoms with Crippen molar-refractivity contribution < 1.29 is 9.72 Å². The molecule has 1 amide bonds. The normalized spacial score (nSPS) is 16.9. The topological polar surface area (TPSA) is 93.3 Å². The molecule has 0 atom stereocenters. The van der Waals surface area contributed by atoms with Crippen LogP contribution in [-0.4, -0.2) is 51.7 Å². The second kappa shape index (κ2) is 6.40. The Balaban J connectivity index is 1.97. The van der Waals surface area contributed by atoms with Crippen molar-refractivity contribution in [3.8, 4) is 0 Å². The summed E-state index contributed by atoms with van der Waals surface area (Å²) in [4.78, 5) is 24.3. The summed E-state index contributed by atoms with van der Waals surface area (Å²) in [6.07, 6.45) is 1.81. The average Bonchev–Trinajstić information content (AvgIpc) is 2.70. The van der Waals surface area contributed by atoms with Crippen molar-refractivity contribution in [3.63, 3.8) is 0 Å². The van der Waals surface area contributed by atoms with E-state index in [0.29, 0.717) is 5.69 Å². The molecule has 1 fully saturated rings. The monoisotopic (exact) mass is 315 g/mol. The van der Waals surface area contributed by atoms with Crippen LogP contribution >= 0.6 is 11.6 Å². The molecular formula is C12H18ClN5O3. The zero-order valence-electron chi connectivity index (χ0n) is 12.0. The number of likely N-dealkylation sites (tertiary alicyclic amines) is 1. The van der Waals surface area contributed by atoms with Gasteiger partial charge in [-0.1, -0.05) is 11.6 Å². The van der Waals surface area contributed by atoms with E-state index in [1.807, 2.05) is 7.05 Å². The molecule has 0 spiro atoms. The number of hydrogen-bond donors (Lipinski definition) is 1. The van der Waals surface area contributed by atoms with Crippen LogP contribution in [0.25, 0.3) is 0 Å². The van der Waals surface area contributed by atoms with E-state index < -0.39 is 10.7 Å². The Bertz CT molecular complexity index is 551. The van der Waals surface area contributed by atoms with Gasteiger partial charge in [0.2, 0.25) is 5.91 Å². The summed E-state index contributed by atoms with van der Waals surface area (Å²) in [6, 6.07) is 0.148. The molecule has 1 aromatic heterocycles. The first-order valence-corrected chi connectivity index (χ1v) is 7.11. The molecule has 0 bridgehead atoms. The van der Waals surface area contributed by atoms with Gasteiger partial charge in [0.15, 0.2) is 5.02 Å². The van der Waals surface area contributed by atoms with Crippen LogP contribution in [0, 0.1) is 17.0 Å². The van der Waals surface area contributed by atoms with Crippen molar-refractivity contribution in [2.45, 2.75) is 32.4 Å². The number of carbonyl (C=O) groups excluding carboxylic acids is 1. The van der Waals surface area contributed by atoms with Crippen molar-refractivity contribution in [1.29, 1.82) is 0 Å². The average molecular weight is 316 g/mol. The first-order chi connectivity index (χ1) is 9.88. The van der Waals surface area contributed by atoms with Gasteiger partial charge in [-0.2, -0.15) is 4.68 Å². The third kappa shape index (κ3) is 3.70. The number of halogens is 1. The van der Waals surface area contributed by atoms with Crippen molar-refractivity contribution >= 4 is 23.3 Å². The van der Waals surface area contributed by atoms with Crippen LogP contribution in [0.15, 0.2) is 0 Å². The number of nitrogens with one attached hydrogen (secondary N) is 1. The minimum absolute atomic E-state index is 0.0212. The van der Waals surface area contributed by atoms with Gasteiger partial charge in [0.1, 0.15) is 6.54 Å². The lowest BCUT2D eigenvalue weighted by Crippen LogP contribution is -2.44. The predicted octanol–water partition coefficient (Wildman–Crippen LogP) is 0.964. The van der Waals surface area contributed by atoms with Crippen molar-refractivity contribution in [1.82, 2.24) is 20.0 Å². The van der Waals surface area contributed by atoms with Gasteiger partial charge in [-0.05, 0) is 44.8 Å². The van der Waals surface area contributed by atoms with E-state index in [-0.39, 0.29) is 23.5 Å². The molecule has 0 saturated carbocycles. The SMILES string of the molecule is Cc1c(Cl)c([N+](=O)[O-])nn1CC(=O)NC1CCN(C)CC1. The summed E-state index contributed by atoms with van der Waals surface area (Å²) in [5.74, 6) is -0.622. The molecule has 1 aliphatic heterocycles. The summed E-state index contributed by atoms with van der Waals surface area (Å²) in [5.41, 5.74) is 0.418. The molecule has 21 heavy (non-hydrogen) atoms. The quantitative estimate of drug-likeness (QED) is 0.660. The zero-order valence-corrected chi connectivity index (χ0v) is 12.8. The Kier molecular flexibility index (Phi) is 4.79. The van der Waals surface area contributed by atoms with E-state index in [0.717, 1.165) is 25.9 Å². The summed E-state index contributed by atoms with van der Waals surface area (Å²) >= 11 is 5.84. The number of rotatable bonds is 4. The highest BCUT2D eigenvalue weighted by molar-refractivity contribution is 6.33. The highest BCUT2D eigenvalue weighted by Crippen LogP contribution is 2.26. The fourth-order valence-corrected chi connectivity index (χ4v) is 2.55. The van der Waals surface area contributed by atoms with Gasteiger partial charge in [0, 0.05) is 6.04 Å². The minimum Gasteiger partial charge on any atom is -0.358 e. The van der Waals surface area contributed by atoms with Crippen LogP contribution in [0.3, 0.4) is 0 Å². The summed E-state index contributed by atoms with van der Waals surface area (Å²) in [7, 11) is 2.05. The largest absolute Gasteiger partial charge is 0.408 e. The lowest BCUT2D eigenvalue weighted by Gasteiger charge is -2.29. The highest BCUT2D eigenvalue weighted by Gasteiger charge is 2.26. The first-order valence-electron chi connectivity index (χ1n) is 6.73. The first kappa shape index (κ1) is 15.7. The molecule has 2 heterocycles. The van der Waals surface area contributed by atoms with E-state index in [1.54, 1.807) is 6.92 Å². The number of hydrogen-bond acceptors (Lipinski definition) is 5. The third-order valence-electron chi connectivity index (χ3n) is 3.67. The van der Waals surface area contributed by atoms with Crippen molar-refractivity contribution in [2.75, 3.05) is 20.1 Å². The number of aromatic nitrogens is 2. The fraction of sp³-hybridized carbons (Fsp3) is 0.667. The second-order valence-electron chi connectivity index (χ2n) is 5.28. The Labute approximate surface area is 127 Å². The van der Waals surface area contributed by atoms with Crippen LogP contribution in [-0.2, 0) is 11.3 Å². The molecule has 9 heteroatoms. The molecule has 1 saturated heterocycles. The van der Waals surface area contributed by atoms with E-state index >= 15 is 0 Å². The van der Waals surface area contributed by atoms with E-state index in [4.69, 9.17) is 11.6 Å². The van der Waals surface area contributed by atoms with Crippen LogP contribution in [0.5, 0.6) is 0 Å². The molecule has 2 rings (SSSR count). The van der Waals surface area contributed by atoms with Gasteiger partial charge in [-0.15, -0.1) is 0 Å². The van der Waals surface area contributed by atoms with Crippen molar-refractivity contribution in [3.05, 3.63) is 20.8 Å². The number of amides is 1. The van der Waals surface area contributed by atoms with Crippen LogP contribution in [0.2, 0.25) is 5.02 Å². The maximum Gasteiger partial charge on any atom is 0.408 e. The molecule has 0 unspecified atom stereocenters. The smallest absolute Gasteiger partial charge is 0.358 e. The van der Waals surface area contributed by atoms with Crippen LogP contribution in [0.4, 0.5) is 5.82 Å². The van der Waals surface area contributed by atoms with Crippen LogP contribution in [0.1, 0.15) is 18.5 Å². The summed E-state index contributed by atoms with van der Waals surface area (Å²) in [6.45, 7) is 3.43. The Hall–Kier alpha value is -1.67. The molecule has 1 aliphatic rings. The van der Waals surface area contributed by atoms with Gasteiger partial charge < -0.3 is 20.3 Å². The molecule has 1 N–H and O–H groups in total. The summed E-state index contributed by atoms with van der Waals surface area (Å²) < 4.78 is 1.27. The highest BCUT2D eigenvalue weighted by atomic mass is 35.5. The maximum atomic E-state index is 12.0. The predicted molar refractivity (Wildman–Crippen MR) is 77.3 cm³/mol. The second-order valence-corrected chi connectivity index (χ2v) is 5.66. The van der Waals surface area contributed by atoms with Gasteiger partial charge in [0.25, 0.3) is 0 Å². The van der Waals surface area contributed by atoms with Gasteiger partial charge >= 0.3 is 5.82 Å². The maximum absolute atomic E-state index is 12.0. The fourth-order valence-electron chi connectivity index (χ4n) is 2.34. The lowest BCUT2D eigenvalue weighted by molar-refractivity contribution is -0.389. The molecule has 0 aliphatic carbocycles. The molecular weight excluding hydrogens is 298 g/mol. The number of carbonyl (C=O) groups is 1. The number of nitrogens with zero attached hydrogens (tertiary/aromatic N) is 4. The van der Waals surface area contributed by atoms with Crippen LogP contribution < -0.4 is 5.32 Å². The van der Waals surface area contributed by atoms with Gasteiger partial charge in [-0.25, -0.2) is 0 Å². The number of piperidine rings is 1. The standard InChI is InChI=1S/C12H18ClN5O3/c1-8-11(13)12(18(20)21)15-17(8)7-10(19)14-9-3-5-16(2)6-4-9/h9H,3-7H2,1-2H3,(H,14,19). The zero-order chi connectivity index (χ0) is 15.6. The molecule has 8 nitrogen and oxygen atoms in total. The minimum atomic E-state index is -0.652. The molecule has 1 aromatic rings. The molecule has 116 valence electrons.